The molecule has 0 aliphatic carbocycles. The van der Waals surface area contributed by atoms with Gasteiger partial charge in [0.15, 0.2) is 0 Å². The van der Waals surface area contributed by atoms with E-state index in [-0.39, 0.29) is 11.3 Å². The van der Waals surface area contributed by atoms with Crippen molar-refractivity contribution < 1.29 is 4.79 Å². The second-order valence-corrected chi connectivity index (χ2v) is 7.32. The minimum absolute atomic E-state index is 0.0522. The normalized spacial score (nSPS) is 15.9. The standard InChI is InChI=1S/C18H24N6O/c1-18(2,3)17-21-7-4-15(23-17)22-13-5-10-24(11-6-13)16(25)14-12-19-8-9-20-14/h4,7-9,12-13H,5-6,10-11H2,1-3H3,(H,21,22,23). The average Bonchev–Trinajstić information content (AvgIpc) is 2.62. The van der Waals surface area contributed by atoms with Gasteiger partial charge in [0.05, 0.1) is 6.20 Å². The molecule has 1 amide bonds. The number of anilines is 1. The van der Waals surface area contributed by atoms with Gasteiger partial charge in [-0.05, 0) is 18.9 Å². The topological polar surface area (TPSA) is 83.9 Å². The van der Waals surface area contributed by atoms with Crippen LogP contribution in [0.5, 0.6) is 0 Å². The highest BCUT2D eigenvalue weighted by atomic mass is 16.2. The van der Waals surface area contributed by atoms with Crippen LogP contribution in [0.15, 0.2) is 30.9 Å². The Morgan fingerprint density at radius 3 is 2.56 bits per heavy atom. The molecule has 2 aromatic heterocycles. The molecule has 0 bridgehead atoms. The first-order chi connectivity index (χ1) is 11.9. The van der Waals surface area contributed by atoms with Crippen molar-refractivity contribution in [3.8, 4) is 0 Å². The molecule has 25 heavy (non-hydrogen) atoms. The maximum Gasteiger partial charge on any atom is 0.274 e. The van der Waals surface area contributed by atoms with Crippen LogP contribution < -0.4 is 5.32 Å². The maximum atomic E-state index is 12.4. The summed E-state index contributed by atoms with van der Waals surface area (Å²) in [7, 11) is 0. The Kier molecular flexibility index (Phi) is 4.92. The Bertz CT molecular complexity index is 720. The van der Waals surface area contributed by atoms with E-state index in [1.807, 2.05) is 11.0 Å². The van der Waals surface area contributed by atoms with Gasteiger partial charge in [0.2, 0.25) is 0 Å². The molecule has 0 aromatic carbocycles. The average molecular weight is 340 g/mol. The molecule has 132 valence electrons. The van der Waals surface area contributed by atoms with Crippen LogP contribution in [0.2, 0.25) is 0 Å². The summed E-state index contributed by atoms with van der Waals surface area (Å²) < 4.78 is 0. The van der Waals surface area contributed by atoms with Crippen LogP contribution in [0.3, 0.4) is 0 Å². The number of rotatable bonds is 3. The summed E-state index contributed by atoms with van der Waals surface area (Å²) in [5, 5.41) is 3.48. The summed E-state index contributed by atoms with van der Waals surface area (Å²) in [4.78, 5) is 31.3. The predicted octanol–water partition coefficient (Wildman–Crippen LogP) is 2.28. The van der Waals surface area contributed by atoms with Gasteiger partial charge in [0.1, 0.15) is 17.3 Å². The molecule has 1 aliphatic heterocycles. The lowest BCUT2D eigenvalue weighted by Gasteiger charge is -2.32. The van der Waals surface area contributed by atoms with Gasteiger partial charge in [-0.1, -0.05) is 20.8 Å². The molecule has 2 aromatic rings. The molecular weight excluding hydrogens is 316 g/mol. The highest BCUT2D eigenvalue weighted by molar-refractivity contribution is 5.92. The number of carbonyl (C=O) groups excluding carboxylic acids is 1. The minimum Gasteiger partial charge on any atom is -0.367 e. The van der Waals surface area contributed by atoms with E-state index < -0.39 is 0 Å². The summed E-state index contributed by atoms with van der Waals surface area (Å²) in [6.45, 7) is 7.70. The first-order valence-electron chi connectivity index (χ1n) is 8.59. The van der Waals surface area contributed by atoms with Gasteiger partial charge < -0.3 is 10.2 Å². The molecule has 0 saturated carbocycles. The Hall–Kier alpha value is -2.57. The van der Waals surface area contributed by atoms with E-state index in [0.717, 1.165) is 24.5 Å². The molecule has 0 unspecified atom stereocenters. The third-order valence-electron chi connectivity index (χ3n) is 4.24. The fourth-order valence-corrected chi connectivity index (χ4v) is 2.81. The maximum absolute atomic E-state index is 12.4. The molecule has 7 heteroatoms. The van der Waals surface area contributed by atoms with E-state index in [1.165, 1.54) is 6.20 Å². The lowest BCUT2D eigenvalue weighted by Crippen LogP contribution is -2.42. The number of aromatic nitrogens is 4. The number of carbonyl (C=O) groups is 1. The fourth-order valence-electron chi connectivity index (χ4n) is 2.81. The molecule has 3 rings (SSSR count). The molecule has 1 fully saturated rings. The lowest BCUT2D eigenvalue weighted by molar-refractivity contribution is 0.0712. The second kappa shape index (κ2) is 7.13. The first-order valence-corrected chi connectivity index (χ1v) is 8.59. The summed E-state index contributed by atoms with van der Waals surface area (Å²) >= 11 is 0. The number of likely N-dealkylation sites (tertiary alicyclic amines) is 1. The number of hydrogen-bond acceptors (Lipinski definition) is 6. The Balaban J connectivity index is 1.57. The number of hydrogen-bond donors (Lipinski definition) is 1. The minimum atomic E-state index is -0.0792. The molecular formula is C18H24N6O. The summed E-state index contributed by atoms with van der Waals surface area (Å²) in [6, 6.07) is 2.19. The van der Waals surface area contributed by atoms with Crippen LogP contribution in [0.25, 0.3) is 0 Å². The largest absolute Gasteiger partial charge is 0.367 e. The van der Waals surface area contributed by atoms with Crippen molar-refractivity contribution in [2.24, 2.45) is 0 Å². The first kappa shape index (κ1) is 17.3. The Morgan fingerprint density at radius 2 is 1.92 bits per heavy atom. The summed E-state index contributed by atoms with van der Waals surface area (Å²) in [6.07, 6.45) is 8.18. The van der Waals surface area contributed by atoms with Crippen LogP contribution in [-0.2, 0) is 5.41 Å². The van der Waals surface area contributed by atoms with Crippen molar-refractivity contribution in [3.05, 3.63) is 42.4 Å². The third kappa shape index (κ3) is 4.29. The molecule has 3 heterocycles. The van der Waals surface area contributed by atoms with Gasteiger partial charge >= 0.3 is 0 Å². The van der Waals surface area contributed by atoms with E-state index in [2.05, 4.69) is 46.0 Å². The molecule has 1 N–H and O–H groups in total. The molecule has 0 spiro atoms. The quantitative estimate of drug-likeness (QED) is 0.923. The van der Waals surface area contributed by atoms with Crippen molar-refractivity contribution >= 4 is 11.7 Å². The third-order valence-corrected chi connectivity index (χ3v) is 4.24. The van der Waals surface area contributed by atoms with Gasteiger partial charge in [-0.3, -0.25) is 9.78 Å². The highest BCUT2D eigenvalue weighted by Crippen LogP contribution is 2.21. The molecule has 1 aliphatic rings. The molecule has 7 nitrogen and oxygen atoms in total. The number of nitrogens with one attached hydrogen (secondary N) is 1. The Labute approximate surface area is 147 Å². The van der Waals surface area contributed by atoms with E-state index >= 15 is 0 Å². The summed E-state index contributed by atoms with van der Waals surface area (Å²) in [5.41, 5.74) is 0.323. The highest BCUT2D eigenvalue weighted by Gasteiger charge is 2.25. The van der Waals surface area contributed by atoms with Crippen molar-refractivity contribution in [2.45, 2.75) is 45.1 Å². The molecule has 0 atom stereocenters. The zero-order valence-electron chi connectivity index (χ0n) is 14.9. The predicted molar refractivity (Wildman–Crippen MR) is 95.3 cm³/mol. The Morgan fingerprint density at radius 1 is 1.16 bits per heavy atom. The van der Waals surface area contributed by atoms with E-state index in [1.54, 1.807) is 18.6 Å². The van der Waals surface area contributed by atoms with Gasteiger partial charge in [-0.25, -0.2) is 15.0 Å². The van der Waals surface area contributed by atoms with Crippen molar-refractivity contribution in [1.82, 2.24) is 24.8 Å². The van der Waals surface area contributed by atoms with Crippen molar-refractivity contribution in [3.63, 3.8) is 0 Å². The van der Waals surface area contributed by atoms with E-state index in [4.69, 9.17) is 0 Å². The van der Waals surface area contributed by atoms with Crippen LogP contribution in [-0.4, -0.2) is 49.9 Å². The van der Waals surface area contributed by atoms with Crippen LogP contribution in [0.4, 0.5) is 5.82 Å². The number of piperidine rings is 1. The second-order valence-electron chi connectivity index (χ2n) is 7.32. The zero-order chi connectivity index (χ0) is 17.9. The smallest absolute Gasteiger partial charge is 0.274 e. The zero-order valence-corrected chi connectivity index (χ0v) is 14.9. The van der Waals surface area contributed by atoms with Gasteiger partial charge in [-0.2, -0.15) is 0 Å². The van der Waals surface area contributed by atoms with Crippen LogP contribution in [0.1, 0.15) is 49.9 Å². The number of amides is 1. The van der Waals surface area contributed by atoms with Gasteiger partial charge in [-0.15, -0.1) is 0 Å². The lowest BCUT2D eigenvalue weighted by atomic mass is 9.96. The van der Waals surface area contributed by atoms with Crippen LogP contribution >= 0.6 is 0 Å². The number of nitrogens with zero attached hydrogens (tertiary/aromatic N) is 5. The van der Waals surface area contributed by atoms with Crippen molar-refractivity contribution in [2.75, 3.05) is 18.4 Å². The summed E-state index contributed by atoms with van der Waals surface area (Å²) in [5.74, 6) is 1.62. The van der Waals surface area contributed by atoms with Gasteiger partial charge in [0, 0.05) is 43.1 Å². The van der Waals surface area contributed by atoms with Crippen LogP contribution in [0, 0.1) is 0 Å². The molecule has 0 radical (unpaired) electrons. The monoisotopic (exact) mass is 340 g/mol. The molecule has 1 saturated heterocycles. The van der Waals surface area contributed by atoms with E-state index in [0.29, 0.717) is 24.8 Å². The SMILES string of the molecule is CC(C)(C)c1nccc(NC2CCN(C(=O)c3cnccn3)CC2)n1. The fraction of sp³-hybridized carbons (Fsp3) is 0.500. The van der Waals surface area contributed by atoms with Crippen molar-refractivity contribution in [1.29, 1.82) is 0 Å². The van der Waals surface area contributed by atoms with E-state index in [9.17, 15) is 4.79 Å². The van der Waals surface area contributed by atoms with Gasteiger partial charge in [0.25, 0.3) is 5.91 Å².